The molecule has 0 fully saturated rings. The third kappa shape index (κ3) is 9.26. The maximum atomic E-state index is 11.0. The fourth-order valence-electron chi connectivity index (χ4n) is 1.14. The number of aliphatic hydroxyl groups excluding tert-OH is 1. The fourth-order valence-corrected chi connectivity index (χ4v) is 1.14. The predicted molar refractivity (Wildman–Crippen MR) is 55.9 cm³/mol. The van der Waals surface area contributed by atoms with E-state index in [2.05, 4.69) is 6.58 Å². The van der Waals surface area contributed by atoms with Crippen LogP contribution in [0.25, 0.3) is 0 Å². The van der Waals surface area contributed by atoms with Gasteiger partial charge in [0.1, 0.15) is 6.61 Å². The zero-order valence-electron chi connectivity index (χ0n) is 8.71. The van der Waals surface area contributed by atoms with Gasteiger partial charge in [-0.1, -0.05) is 31.9 Å². The van der Waals surface area contributed by atoms with Crippen LogP contribution < -0.4 is 0 Å². The Labute approximate surface area is 85.8 Å². The summed E-state index contributed by atoms with van der Waals surface area (Å²) in [4.78, 5) is 11.0. The molecule has 0 spiro atoms. The summed E-state index contributed by atoms with van der Waals surface area (Å²) in [5, 5.41) is 8.52. The van der Waals surface area contributed by atoms with Crippen molar-refractivity contribution in [1.29, 1.82) is 0 Å². The molecule has 0 aromatic carbocycles. The first kappa shape index (κ1) is 13.2. The van der Waals surface area contributed by atoms with E-state index in [1.807, 2.05) is 0 Å². The van der Waals surface area contributed by atoms with Crippen molar-refractivity contribution in [3.8, 4) is 0 Å². The van der Waals surface area contributed by atoms with E-state index in [1.165, 1.54) is 0 Å². The lowest BCUT2D eigenvalue weighted by molar-refractivity contribution is -0.142. The van der Waals surface area contributed by atoms with Crippen LogP contribution in [0.15, 0.2) is 12.7 Å². The van der Waals surface area contributed by atoms with E-state index in [-0.39, 0.29) is 12.6 Å². The monoisotopic (exact) mass is 200 g/mol. The Morgan fingerprint density at radius 3 is 2.50 bits per heavy atom. The SMILES string of the molecule is C=CCOC(=O)CCCCCCCO. The maximum absolute atomic E-state index is 11.0. The summed E-state index contributed by atoms with van der Waals surface area (Å²) in [6.07, 6.45) is 6.95. The van der Waals surface area contributed by atoms with Crippen LogP contribution >= 0.6 is 0 Å². The van der Waals surface area contributed by atoms with E-state index in [9.17, 15) is 4.79 Å². The number of hydrogen-bond donors (Lipinski definition) is 1. The molecule has 0 atom stereocenters. The molecule has 0 amide bonds. The molecule has 3 heteroatoms. The van der Waals surface area contributed by atoms with Gasteiger partial charge < -0.3 is 9.84 Å². The van der Waals surface area contributed by atoms with Crippen LogP contribution in [0.5, 0.6) is 0 Å². The lowest BCUT2D eigenvalue weighted by Gasteiger charge is -2.01. The van der Waals surface area contributed by atoms with E-state index < -0.39 is 0 Å². The van der Waals surface area contributed by atoms with Crippen LogP contribution in [0.2, 0.25) is 0 Å². The van der Waals surface area contributed by atoms with E-state index in [0.29, 0.717) is 13.0 Å². The number of carbonyl (C=O) groups excluding carboxylic acids is 1. The standard InChI is InChI=1S/C11H20O3/c1-2-10-14-11(13)8-6-4-3-5-7-9-12/h2,12H,1,3-10H2. The quantitative estimate of drug-likeness (QED) is 0.352. The molecule has 1 N–H and O–H groups in total. The van der Waals surface area contributed by atoms with Gasteiger partial charge in [-0.15, -0.1) is 0 Å². The second-order valence-corrected chi connectivity index (χ2v) is 3.21. The van der Waals surface area contributed by atoms with Crippen molar-refractivity contribution in [2.75, 3.05) is 13.2 Å². The minimum Gasteiger partial charge on any atom is -0.461 e. The van der Waals surface area contributed by atoms with Gasteiger partial charge in [0.05, 0.1) is 0 Å². The van der Waals surface area contributed by atoms with Gasteiger partial charge in [0.2, 0.25) is 0 Å². The largest absolute Gasteiger partial charge is 0.461 e. The number of unbranched alkanes of at least 4 members (excludes halogenated alkanes) is 4. The molecular formula is C11H20O3. The molecule has 82 valence electrons. The molecule has 0 rings (SSSR count). The van der Waals surface area contributed by atoms with Gasteiger partial charge in [0.15, 0.2) is 0 Å². The van der Waals surface area contributed by atoms with Crippen molar-refractivity contribution in [3.05, 3.63) is 12.7 Å². The van der Waals surface area contributed by atoms with Gasteiger partial charge in [0, 0.05) is 13.0 Å². The molecule has 0 aliphatic carbocycles. The molecule has 3 nitrogen and oxygen atoms in total. The average molecular weight is 200 g/mol. The minimum atomic E-state index is -0.146. The molecule has 0 aliphatic rings. The summed E-state index contributed by atoms with van der Waals surface area (Å²) in [5.74, 6) is -0.146. The van der Waals surface area contributed by atoms with E-state index >= 15 is 0 Å². The Balaban J connectivity index is 3.10. The lowest BCUT2D eigenvalue weighted by Crippen LogP contribution is -2.03. The predicted octanol–water partition coefficient (Wildman–Crippen LogP) is 2.05. The highest BCUT2D eigenvalue weighted by atomic mass is 16.5. The van der Waals surface area contributed by atoms with Crippen LogP contribution in [-0.2, 0) is 9.53 Å². The first-order valence-electron chi connectivity index (χ1n) is 5.18. The van der Waals surface area contributed by atoms with Gasteiger partial charge in [-0.2, -0.15) is 0 Å². The Bertz CT molecular complexity index is 155. The van der Waals surface area contributed by atoms with Gasteiger partial charge in [-0.3, -0.25) is 4.79 Å². The van der Waals surface area contributed by atoms with Crippen LogP contribution in [0, 0.1) is 0 Å². The Morgan fingerprint density at radius 2 is 1.86 bits per heavy atom. The Kier molecular flexibility index (Phi) is 9.64. The normalized spacial score (nSPS) is 9.79. The van der Waals surface area contributed by atoms with Crippen molar-refractivity contribution in [2.45, 2.75) is 38.5 Å². The second-order valence-electron chi connectivity index (χ2n) is 3.21. The van der Waals surface area contributed by atoms with E-state index in [1.54, 1.807) is 6.08 Å². The topological polar surface area (TPSA) is 46.5 Å². The first-order chi connectivity index (χ1) is 6.81. The van der Waals surface area contributed by atoms with E-state index in [0.717, 1.165) is 32.1 Å². The molecule has 14 heavy (non-hydrogen) atoms. The van der Waals surface area contributed by atoms with Crippen molar-refractivity contribution >= 4 is 5.97 Å². The molecule has 0 aromatic rings. The van der Waals surface area contributed by atoms with Crippen LogP contribution in [0.3, 0.4) is 0 Å². The van der Waals surface area contributed by atoms with Crippen LogP contribution in [0.4, 0.5) is 0 Å². The molecule has 0 saturated carbocycles. The summed E-state index contributed by atoms with van der Waals surface area (Å²) < 4.78 is 4.82. The Morgan fingerprint density at radius 1 is 1.21 bits per heavy atom. The lowest BCUT2D eigenvalue weighted by atomic mass is 10.1. The molecule has 0 aliphatic heterocycles. The Hall–Kier alpha value is -0.830. The van der Waals surface area contributed by atoms with Crippen LogP contribution in [-0.4, -0.2) is 24.3 Å². The molecule has 0 heterocycles. The average Bonchev–Trinajstić information content (AvgIpc) is 2.20. The van der Waals surface area contributed by atoms with Gasteiger partial charge >= 0.3 is 5.97 Å². The van der Waals surface area contributed by atoms with Crippen molar-refractivity contribution in [1.82, 2.24) is 0 Å². The number of hydrogen-bond acceptors (Lipinski definition) is 3. The number of ether oxygens (including phenoxy) is 1. The highest BCUT2D eigenvalue weighted by Gasteiger charge is 2.00. The zero-order chi connectivity index (χ0) is 10.6. The highest BCUT2D eigenvalue weighted by Crippen LogP contribution is 2.05. The number of rotatable bonds is 9. The summed E-state index contributed by atoms with van der Waals surface area (Å²) in [5.41, 5.74) is 0. The first-order valence-corrected chi connectivity index (χ1v) is 5.18. The van der Waals surface area contributed by atoms with Crippen molar-refractivity contribution in [3.63, 3.8) is 0 Å². The molecule has 0 bridgehead atoms. The summed E-state index contributed by atoms with van der Waals surface area (Å²) in [6, 6.07) is 0. The maximum Gasteiger partial charge on any atom is 0.306 e. The number of aliphatic hydroxyl groups is 1. The number of carbonyl (C=O) groups is 1. The third-order valence-corrected chi connectivity index (χ3v) is 1.90. The second kappa shape index (κ2) is 10.3. The van der Waals surface area contributed by atoms with E-state index in [4.69, 9.17) is 9.84 Å². The van der Waals surface area contributed by atoms with Gasteiger partial charge in [-0.05, 0) is 12.8 Å². The fraction of sp³-hybridized carbons (Fsp3) is 0.727. The highest BCUT2D eigenvalue weighted by molar-refractivity contribution is 5.69. The van der Waals surface area contributed by atoms with Gasteiger partial charge in [0.25, 0.3) is 0 Å². The molecule has 0 radical (unpaired) electrons. The molecular weight excluding hydrogens is 180 g/mol. The number of esters is 1. The minimum absolute atomic E-state index is 0.146. The van der Waals surface area contributed by atoms with Crippen molar-refractivity contribution in [2.24, 2.45) is 0 Å². The van der Waals surface area contributed by atoms with Gasteiger partial charge in [-0.25, -0.2) is 0 Å². The summed E-state index contributed by atoms with van der Waals surface area (Å²) >= 11 is 0. The molecule has 0 aromatic heterocycles. The molecule has 0 saturated heterocycles. The summed E-state index contributed by atoms with van der Waals surface area (Å²) in [7, 11) is 0. The smallest absolute Gasteiger partial charge is 0.306 e. The zero-order valence-corrected chi connectivity index (χ0v) is 8.71. The van der Waals surface area contributed by atoms with Crippen LogP contribution in [0.1, 0.15) is 38.5 Å². The summed E-state index contributed by atoms with van der Waals surface area (Å²) in [6.45, 7) is 4.04. The molecule has 0 unspecified atom stereocenters. The van der Waals surface area contributed by atoms with Crippen molar-refractivity contribution < 1.29 is 14.6 Å². The third-order valence-electron chi connectivity index (χ3n) is 1.90.